The van der Waals surface area contributed by atoms with Gasteiger partial charge in [-0.2, -0.15) is 0 Å². The molecule has 0 aromatic heterocycles. The molecule has 1 fully saturated rings. The van der Waals surface area contributed by atoms with Gasteiger partial charge < -0.3 is 15.0 Å². The Morgan fingerprint density at radius 2 is 1.80 bits per heavy atom. The average Bonchev–Trinajstić information content (AvgIpc) is 2.63. The van der Waals surface area contributed by atoms with Gasteiger partial charge in [0.25, 0.3) is 0 Å². The maximum atomic E-state index is 13.6. The van der Waals surface area contributed by atoms with Crippen LogP contribution in [0.4, 0.5) is 8.78 Å². The van der Waals surface area contributed by atoms with E-state index in [1.165, 1.54) is 17.7 Å². The van der Waals surface area contributed by atoms with Gasteiger partial charge in [0.05, 0.1) is 0 Å². The molecule has 0 amide bonds. The minimum absolute atomic E-state index is 0.0286. The van der Waals surface area contributed by atoms with E-state index >= 15 is 0 Å². The average molecular weight is 346 g/mol. The molecule has 0 radical (unpaired) electrons. The van der Waals surface area contributed by atoms with E-state index in [1.807, 2.05) is 24.3 Å². The second-order valence-corrected chi connectivity index (χ2v) is 6.53. The lowest BCUT2D eigenvalue weighted by atomic mass is 9.97. The molecule has 1 aliphatic heterocycles. The summed E-state index contributed by atoms with van der Waals surface area (Å²) in [7, 11) is 0. The van der Waals surface area contributed by atoms with Crippen molar-refractivity contribution < 1.29 is 13.5 Å². The zero-order valence-electron chi connectivity index (χ0n) is 14.5. The summed E-state index contributed by atoms with van der Waals surface area (Å²) in [6.07, 6.45) is 1.10. The molecule has 2 aromatic rings. The number of nitrogens with zero attached hydrogens (tertiary/aromatic N) is 1. The standard InChI is InChI=1S/C20H24F2N2O/c1-15(8-11-24-12-9-23-10-13-24)16-2-5-18(6-3-16)25-20-7-4-17(21)14-19(20)22/h2-7,14-15,23H,8-13H2,1H3. The fourth-order valence-corrected chi connectivity index (χ4v) is 3.03. The molecule has 0 bridgehead atoms. The molecule has 1 atom stereocenters. The quantitative estimate of drug-likeness (QED) is 0.850. The summed E-state index contributed by atoms with van der Waals surface area (Å²) in [6, 6.07) is 11.0. The maximum absolute atomic E-state index is 13.6. The molecular weight excluding hydrogens is 322 g/mol. The van der Waals surface area contributed by atoms with E-state index in [1.54, 1.807) is 0 Å². The number of nitrogens with one attached hydrogen (secondary N) is 1. The van der Waals surface area contributed by atoms with Crippen LogP contribution in [0.25, 0.3) is 0 Å². The van der Waals surface area contributed by atoms with E-state index in [2.05, 4.69) is 17.1 Å². The Hall–Kier alpha value is -1.98. The summed E-state index contributed by atoms with van der Waals surface area (Å²) < 4.78 is 32.1. The highest BCUT2D eigenvalue weighted by atomic mass is 19.1. The molecule has 5 heteroatoms. The van der Waals surface area contributed by atoms with Gasteiger partial charge in [-0.25, -0.2) is 8.78 Å². The van der Waals surface area contributed by atoms with Gasteiger partial charge in [0, 0.05) is 32.2 Å². The molecule has 1 saturated heterocycles. The van der Waals surface area contributed by atoms with E-state index in [9.17, 15) is 8.78 Å². The lowest BCUT2D eigenvalue weighted by Crippen LogP contribution is -2.43. The molecule has 25 heavy (non-hydrogen) atoms. The largest absolute Gasteiger partial charge is 0.454 e. The van der Waals surface area contributed by atoms with Crippen LogP contribution in [0.5, 0.6) is 11.5 Å². The van der Waals surface area contributed by atoms with E-state index in [0.29, 0.717) is 11.7 Å². The van der Waals surface area contributed by atoms with Crippen LogP contribution in [-0.2, 0) is 0 Å². The van der Waals surface area contributed by atoms with Crippen molar-refractivity contribution in [2.75, 3.05) is 32.7 Å². The summed E-state index contributed by atoms with van der Waals surface area (Å²) in [5.41, 5.74) is 1.24. The third kappa shape index (κ3) is 5.00. The van der Waals surface area contributed by atoms with Crippen molar-refractivity contribution >= 4 is 0 Å². The fourth-order valence-electron chi connectivity index (χ4n) is 3.03. The fraction of sp³-hybridized carbons (Fsp3) is 0.400. The number of benzene rings is 2. The molecular formula is C20H24F2N2O. The topological polar surface area (TPSA) is 24.5 Å². The molecule has 1 N–H and O–H groups in total. The van der Waals surface area contributed by atoms with E-state index in [-0.39, 0.29) is 5.75 Å². The number of hydrogen-bond acceptors (Lipinski definition) is 3. The van der Waals surface area contributed by atoms with Crippen LogP contribution in [0, 0.1) is 11.6 Å². The van der Waals surface area contributed by atoms with Gasteiger partial charge in [0.1, 0.15) is 11.6 Å². The zero-order valence-corrected chi connectivity index (χ0v) is 14.5. The minimum Gasteiger partial charge on any atom is -0.454 e. The second-order valence-electron chi connectivity index (χ2n) is 6.53. The summed E-state index contributed by atoms with van der Waals surface area (Å²) in [6.45, 7) is 7.69. The molecule has 1 unspecified atom stereocenters. The molecule has 2 aromatic carbocycles. The van der Waals surface area contributed by atoms with E-state index in [4.69, 9.17) is 4.74 Å². The van der Waals surface area contributed by atoms with Crippen LogP contribution >= 0.6 is 0 Å². The van der Waals surface area contributed by atoms with E-state index in [0.717, 1.165) is 45.2 Å². The summed E-state index contributed by atoms with van der Waals surface area (Å²) in [5, 5.41) is 3.36. The molecule has 0 aliphatic carbocycles. The van der Waals surface area contributed by atoms with Gasteiger partial charge in [-0.15, -0.1) is 0 Å². The zero-order chi connectivity index (χ0) is 17.6. The van der Waals surface area contributed by atoms with Crippen LogP contribution in [0.2, 0.25) is 0 Å². The first-order valence-electron chi connectivity index (χ1n) is 8.78. The van der Waals surface area contributed by atoms with Crippen LogP contribution in [-0.4, -0.2) is 37.6 Å². The van der Waals surface area contributed by atoms with Crippen LogP contribution in [0.3, 0.4) is 0 Å². The van der Waals surface area contributed by atoms with Crippen molar-refractivity contribution in [1.29, 1.82) is 0 Å². The van der Waals surface area contributed by atoms with Crippen molar-refractivity contribution in [3.63, 3.8) is 0 Å². The highest BCUT2D eigenvalue weighted by molar-refractivity contribution is 5.34. The summed E-state index contributed by atoms with van der Waals surface area (Å²) in [4.78, 5) is 2.49. The van der Waals surface area contributed by atoms with Gasteiger partial charge in [-0.05, 0) is 48.7 Å². The second kappa shape index (κ2) is 8.41. The lowest BCUT2D eigenvalue weighted by Gasteiger charge is -2.28. The van der Waals surface area contributed by atoms with Crippen LogP contribution in [0.15, 0.2) is 42.5 Å². The van der Waals surface area contributed by atoms with Crippen molar-refractivity contribution in [3.8, 4) is 11.5 Å². The third-order valence-corrected chi connectivity index (χ3v) is 4.66. The van der Waals surface area contributed by atoms with Crippen LogP contribution < -0.4 is 10.1 Å². The van der Waals surface area contributed by atoms with Crippen molar-refractivity contribution in [2.45, 2.75) is 19.3 Å². The molecule has 3 rings (SSSR count). The number of hydrogen-bond donors (Lipinski definition) is 1. The van der Waals surface area contributed by atoms with Crippen molar-refractivity contribution in [1.82, 2.24) is 10.2 Å². The first kappa shape index (κ1) is 17.8. The Labute approximate surface area is 147 Å². The lowest BCUT2D eigenvalue weighted by molar-refractivity contribution is 0.234. The van der Waals surface area contributed by atoms with Gasteiger partial charge in [0.2, 0.25) is 0 Å². The Kier molecular flexibility index (Phi) is 6.00. The van der Waals surface area contributed by atoms with Gasteiger partial charge in [-0.3, -0.25) is 0 Å². The smallest absolute Gasteiger partial charge is 0.168 e. The number of halogens is 2. The summed E-state index contributed by atoms with van der Waals surface area (Å²) >= 11 is 0. The molecule has 1 heterocycles. The molecule has 134 valence electrons. The number of rotatable bonds is 6. The molecule has 0 saturated carbocycles. The normalized spacial score (nSPS) is 16.6. The first-order valence-corrected chi connectivity index (χ1v) is 8.78. The summed E-state index contributed by atoms with van der Waals surface area (Å²) in [5.74, 6) is -0.289. The van der Waals surface area contributed by atoms with Crippen molar-refractivity contribution in [3.05, 3.63) is 59.7 Å². The predicted octanol–water partition coefficient (Wildman–Crippen LogP) is 4.16. The molecule has 1 aliphatic rings. The molecule has 3 nitrogen and oxygen atoms in total. The van der Waals surface area contributed by atoms with Gasteiger partial charge in [-0.1, -0.05) is 19.1 Å². The maximum Gasteiger partial charge on any atom is 0.168 e. The van der Waals surface area contributed by atoms with Crippen LogP contribution in [0.1, 0.15) is 24.8 Å². The van der Waals surface area contributed by atoms with Crippen molar-refractivity contribution in [2.24, 2.45) is 0 Å². The van der Waals surface area contributed by atoms with E-state index < -0.39 is 11.6 Å². The number of piperazine rings is 1. The number of ether oxygens (including phenoxy) is 1. The Balaban J connectivity index is 1.55. The van der Waals surface area contributed by atoms with Gasteiger partial charge in [0.15, 0.2) is 11.6 Å². The Morgan fingerprint density at radius 1 is 1.08 bits per heavy atom. The predicted molar refractivity (Wildman–Crippen MR) is 95.2 cm³/mol. The monoisotopic (exact) mass is 346 g/mol. The molecule has 0 spiro atoms. The highest BCUT2D eigenvalue weighted by Crippen LogP contribution is 2.27. The Bertz CT molecular complexity index is 685. The minimum atomic E-state index is -0.700. The Morgan fingerprint density at radius 3 is 2.48 bits per heavy atom. The highest BCUT2D eigenvalue weighted by Gasteiger charge is 2.12. The first-order chi connectivity index (χ1) is 12.1. The third-order valence-electron chi connectivity index (χ3n) is 4.66. The van der Waals surface area contributed by atoms with Gasteiger partial charge >= 0.3 is 0 Å². The SMILES string of the molecule is CC(CCN1CCNCC1)c1ccc(Oc2ccc(F)cc2F)cc1.